The quantitative estimate of drug-likeness (QED) is 0.754. The van der Waals surface area contributed by atoms with Gasteiger partial charge in [-0.05, 0) is 30.9 Å². The zero-order valence-corrected chi connectivity index (χ0v) is 12.1. The summed E-state index contributed by atoms with van der Waals surface area (Å²) in [5.41, 5.74) is 2.15. The second-order valence-electron chi connectivity index (χ2n) is 4.23. The average molecular weight is 294 g/mol. The molecule has 98 valence electrons. The van der Waals surface area contributed by atoms with Gasteiger partial charge in [-0.25, -0.2) is 0 Å². The summed E-state index contributed by atoms with van der Waals surface area (Å²) in [6, 6.07) is 2.11. The SMILES string of the molecule is Cc1ccsc1CNc1c(C)c(Cl)nc2ncnn12. The zero-order valence-electron chi connectivity index (χ0n) is 10.5. The third kappa shape index (κ3) is 2.17. The standard InChI is InChI=1S/C12H12ClN5S/c1-7-3-4-19-9(7)5-14-11-8(2)10(13)17-12-15-6-16-18(11)12/h3-4,6,14H,5H2,1-2H3. The van der Waals surface area contributed by atoms with Crippen LogP contribution in [0.1, 0.15) is 16.0 Å². The van der Waals surface area contributed by atoms with Gasteiger partial charge < -0.3 is 5.32 Å². The number of aromatic nitrogens is 4. The first-order chi connectivity index (χ1) is 9.16. The minimum absolute atomic E-state index is 0.450. The molecule has 3 heterocycles. The Bertz CT molecular complexity index is 733. The van der Waals surface area contributed by atoms with Crippen molar-refractivity contribution < 1.29 is 0 Å². The van der Waals surface area contributed by atoms with Gasteiger partial charge in [-0.15, -0.1) is 11.3 Å². The predicted octanol–water partition coefficient (Wildman–Crippen LogP) is 3.07. The van der Waals surface area contributed by atoms with E-state index < -0.39 is 0 Å². The lowest BCUT2D eigenvalue weighted by atomic mass is 10.3. The lowest BCUT2D eigenvalue weighted by Crippen LogP contribution is -2.08. The highest BCUT2D eigenvalue weighted by Gasteiger charge is 2.12. The maximum atomic E-state index is 6.11. The molecule has 3 rings (SSSR count). The van der Waals surface area contributed by atoms with Crippen LogP contribution in [-0.4, -0.2) is 19.6 Å². The van der Waals surface area contributed by atoms with E-state index in [-0.39, 0.29) is 0 Å². The Balaban J connectivity index is 1.98. The predicted molar refractivity (Wildman–Crippen MR) is 76.9 cm³/mol. The lowest BCUT2D eigenvalue weighted by molar-refractivity contribution is 0.916. The summed E-state index contributed by atoms with van der Waals surface area (Å²) in [5, 5.41) is 10.1. The van der Waals surface area contributed by atoms with Gasteiger partial charge >= 0.3 is 0 Å². The van der Waals surface area contributed by atoms with Crippen molar-refractivity contribution in [3.63, 3.8) is 0 Å². The molecule has 0 saturated heterocycles. The summed E-state index contributed by atoms with van der Waals surface area (Å²) >= 11 is 7.84. The summed E-state index contributed by atoms with van der Waals surface area (Å²) in [6.07, 6.45) is 1.47. The molecule has 0 amide bonds. The van der Waals surface area contributed by atoms with Gasteiger partial charge in [0, 0.05) is 10.4 Å². The molecule has 0 atom stereocenters. The molecule has 3 aromatic heterocycles. The molecule has 3 aromatic rings. The number of nitrogens with one attached hydrogen (secondary N) is 1. The van der Waals surface area contributed by atoms with E-state index in [1.54, 1.807) is 15.9 Å². The zero-order chi connectivity index (χ0) is 13.4. The molecule has 1 N–H and O–H groups in total. The van der Waals surface area contributed by atoms with Crippen molar-refractivity contribution in [3.8, 4) is 0 Å². The monoisotopic (exact) mass is 293 g/mol. The highest BCUT2D eigenvalue weighted by atomic mass is 35.5. The Labute approximate surface area is 119 Å². The molecule has 0 fully saturated rings. The number of hydrogen-bond donors (Lipinski definition) is 1. The van der Waals surface area contributed by atoms with E-state index in [2.05, 4.69) is 38.8 Å². The summed E-state index contributed by atoms with van der Waals surface area (Å²) < 4.78 is 1.67. The van der Waals surface area contributed by atoms with Crippen LogP contribution in [-0.2, 0) is 6.54 Å². The van der Waals surface area contributed by atoms with Crippen LogP contribution in [0.4, 0.5) is 5.82 Å². The maximum absolute atomic E-state index is 6.11. The number of anilines is 1. The van der Waals surface area contributed by atoms with E-state index in [1.807, 2.05) is 6.92 Å². The van der Waals surface area contributed by atoms with Crippen LogP contribution in [0.25, 0.3) is 5.78 Å². The molecular weight excluding hydrogens is 282 g/mol. The van der Waals surface area contributed by atoms with Crippen LogP contribution < -0.4 is 5.32 Å². The van der Waals surface area contributed by atoms with Gasteiger partial charge in [-0.2, -0.15) is 19.6 Å². The van der Waals surface area contributed by atoms with Gasteiger partial charge in [-0.1, -0.05) is 11.6 Å². The Morgan fingerprint density at radius 3 is 3.00 bits per heavy atom. The first kappa shape index (κ1) is 12.4. The summed E-state index contributed by atoms with van der Waals surface area (Å²) in [5.74, 6) is 1.33. The van der Waals surface area contributed by atoms with Crippen molar-refractivity contribution in [1.29, 1.82) is 0 Å². The van der Waals surface area contributed by atoms with Gasteiger partial charge in [0.1, 0.15) is 17.3 Å². The van der Waals surface area contributed by atoms with Gasteiger partial charge in [0.25, 0.3) is 5.78 Å². The van der Waals surface area contributed by atoms with E-state index in [1.165, 1.54) is 16.8 Å². The fourth-order valence-electron chi connectivity index (χ4n) is 1.85. The number of aryl methyl sites for hydroxylation is 1. The minimum Gasteiger partial charge on any atom is -0.365 e. The van der Waals surface area contributed by atoms with Gasteiger partial charge in [-0.3, -0.25) is 0 Å². The fourth-order valence-corrected chi connectivity index (χ4v) is 2.87. The van der Waals surface area contributed by atoms with Crippen LogP contribution in [0.5, 0.6) is 0 Å². The smallest absolute Gasteiger partial charge is 0.255 e. The molecule has 0 bridgehead atoms. The molecule has 0 aliphatic carbocycles. The third-order valence-corrected chi connectivity index (χ3v) is 4.38. The van der Waals surface area contributed by atoms with Gasteiger partial charge in [0.05, 0.1) is 6.54 Å². The van der Waals surface area contributed by atoms with E-state index >= 15 is 0 Å². The van der Waals surface area contributed by atoms with Crippen molar-refractivity contribution in [2.75, 3.05) is 5.32 Å². The largest absolute Gasteiger partial charge is 0.365 e. The van der Waals surface area contributed by atoms with Gasteiger partial charge in [0.15, 0.2) is 0 Å². The minimum atomic E-state index is 0.450. The number of nitrogens with zero attached hydrogens (tertiary/aromatic N) is 4. The topological polar surface area (TPSA) is 55.1 Å². The van der Waals surface area contributed by atoms with Crippen LogP contribution in [0.15, 0.2) is 17.8 Å². The van der Waals surface area contributed by atoms with Crippen molar-refractivity contribution in [2.45, 2.75) is 20.4 Å². The molecule has 0 radical (unpaired) electrons. The second kappa shape index (κ2) is 4.79. The third-order valence-electron chi connectivity index (χ3n) is 2.99. The number of hydrogen-bond acceptors (Lipinski definition) is 5. The molecule has 0 aromatic carbocycles. The van der Waals surface area contributed by atoms with Crippen LogP contribution in [0, 0.1) is 13.8 Å². The number of rotatable bonds is 3. The number of halogens is 1. The Hall–Kier alpha value is -1.66. The summed E-state index contributed by atoms with van der Waals surface area (Å²) in [6.45, 7) is 4.75. The van der Waals surface area contributed by atoms with Crippen molar-refractivity contribution >= 4 is 34.5 Å². The molecule has 5 nitrogen and oxygen atoms in total. The van der Waals surface area contributed by atoms with Crippen molar-refractivity contribution in [3.05, 3.63) is 38.9 Å². The summed E-state index contributed by atoms with van der Waals surface area (Å²) in [7, 11) is 0. The molecule has 0 aliphatic heterocycles. The van der Waals surface area contributed by atoms with E-state index in [4.69, 9.17) is 11.6 Å². The van der Waals surface area contributed by atoms with Crippen molar-refractivity contribution in [2.24, 2.45) is 0 Å². The van der Waals surface area contributed by atoms with E-state index in [0.717, 1.165) is 17.9 Å². The first-order valence-corrected chi connectivity index (χ1v) is 7.05. The summed E-state index contributed by atoms with van der Waals surface area (Å²) in [4.78, 5) is 9.53. The fraction of sp³-hybridized carbons (Fsp3) is 0.250. The Kier molecular flexibility index (Phi) is 3.12. The molecule has 7 heteroatoms. The average Bonchev–Trinajstić information content (AvgIpc) is 2.99. The van der Waals surface area contributed by atoms with Crippen molar-refractivity contribution in [1.82, 2.24) is 19.6 Å². The first-order valence-electron chi connectivity index (χ1n) is 5.79. The van der Waals surface area contributed by atoms with E-state index in [9.17, 15) is 0 Å². The number of fused-ring (bicyclic) bond motifs is 1. The van der Waals surface area contributed by atoms with Gasteiger partial charge in [0.2, 0.25) is 0 Å². The molecule has 0 spiro atoms. The highest BCUT2D eigenvalue weighted by Crippen LogP contribution is 2.24. The van der Waals surface area contributed by atoms with E-state index in [0.29, 0.717) is 10.9 Å². The Morgan fingerprint density at radius 2 is 2.26 bits per heavy atom. The van der Waals surface area contributed by atoms with Crippen LogP contribution in [0.2, 0.25) is 5.15 Å². The normalized spacial score (nSPS) is 11.1. The number of thiophene rings is 1. The Morgan fingerprint density at radius 1 is 1.42 bits per heavy atom. The molecule has 0 aliphatic rings. The maximum Gasteiger partial charge on any atom is 0.255 e. The lowest BCUT2D eigenvalue weighted by Gasteiger charge is -2.11. The second-order valence-corrected chi connectivity index (χ2v) is 5.59. The molecule has 0 saturated carbocycles. The molecule has 19 heavy (non-hydrogen) atoms. The highest BCUT2D eigenvalue weighted by molar-refractivity contribution is 7.10. The molecule has 0 unspecified atom stereocenters. The van der Waals surface area contributed by atoms with Crippen LogP contribution >= 0.6 is 22.9 Å². The van der Waals surface area contributed by atoms with Crippen LogP contribution in [0.3, 0.4) is 0 Å². The molecular formula is C12H12ClN5S.